The van der Waals surface area contributed by atoms with Gasteiger partial charge in [-0.2, -0.15) is 0 Å². The Bertz CT molecular complexity index is 334. The molecular weight excluding hydrogens is 238 g/mol. The van der Waals surface area contributed by atoms with Gasteiger partial charge >= 0.3 is 0 Å². The molecule has 3 nitrogen and oxygen atoms in total. The van der Waals surface area contributed by atoms with Crippen LogP contribution in [-0.4, -0.2) is 36.1 Å². The van der Waals surface area contributed by atoms with Gasteiger partial charge in [0.1, 0.15) is 0 Å². The van der Waals surface area contributed by atoms with Gasteiger partial charge in [0.05, 0.1) is 6.10 Å². The van der Waals surface area contributed by atoms with Gasteiger partial charge in [-0.3, -0.25) is 4.79 Å². The molecule has 3 heteroatoms. The largest absolute Gasteiger partial charge is 0.378 e. The van der Waals surface area contributed by atoms with E-state index < -0.39 is 0 Å². The number of hydrogen-bond acceptors (Lipinski definition) is 2. The van der Waals surface area contributed by atoms with Gasteiger partial charge in [0.25, 0.3) is 0 Å². The Kier molecular flexibility index (Phi) is 4.67. The normalized spacial score (nSPS) is 28.1. The zero-order valence-electron chi connectivity index (χ0n) is 12.4. The van der Waals surface area contributed by atoms with E-state index >= 15 is 0 Å². The van der Waals surface area contributed by atoms with Crippen molar-refractivity contribution >= 4 is 5.91 Å². The van der Waals surface area contributed by atoms with Crippen LogP contribution in [0, 0.1) is 5.41 Å². The Morgan fingerprint density at radius 2 is 2.11 bits per heavy atom. The Hall–Kier alpha value is -0.830. The summed E-state index contributed by atoms with van der Waals surface area (Å²) in [4.78, 5) is 14.2. The maximum atomic E-state index is 12.1. The molecule has 1 spiro atoms. The van der Waals surface area contributed by atoms with Crippen molar-refractivity contribution in [2.24, 2.45) is 5.41 Å². The summed E-state index contributed by atoms with van der Waals surface area (Å²) in [6.07, 6.45) is 8.83. The Morgan fingerprint density at radius 3 is 2.63 bits per heavy atom. The van der Waals surface area contributed by atoms with Gasteiger partial charge in [-0.25, -0.2) is 0 Å². The summed E-state index contributed by atoms with van der Waals surface area (Å²) in [7, 11) is 0. The van der Waals surface area contributed by atoms with Crippen molar-refractivity contribution in [2.45, 2.75) is 64.5 Å². The molecule has 0 saturated heterocycles. The first-order valence-electron chi connectivity index (χ1n) is 7.74. The van der Waals surface area contributed by atoms with Crippen LogP contribution in [0.4, 0.5) is 0 Å². The minimum absolute atomic E-state index is 0.0908. The highest BCUT2D eigenvalue weighted by Gasteiger charge is 2.59. The van der Waals surface area contributed by atoms with E-state index in [-0.39, 0.29) is 11.3 Å². The van der Waals surface area contributed by atoms with E-state index in [9.17, 15) is 4.79 Å². The highest BCUT2D eigenvalue weighted by Crippen LogP contribution is 2.56. The molecule has 19 heavy (non-hydrogen) atoms. The molecule has 2 aliphatic carbocycles. The lowest BCUT2D eigenvalue weighted by Gasteiger charge is -2.57. The fourth-order valence-corrected chi connectivity index (χ4v) is 4.07. The lowest BCUT2D eigenvalue weighted by Crippen LogP contribution is -2.64. The van der Waals surface area contributed by atoms with Crippen LogP contribution in [0.3, 0.4) is 0 Å². The molecule has 0 aromatic carbocycles. The number of carbonyl (C=O) groups excluding carboxylic acids is 1. The summed E-state index contributed by atoms with van der Waals surface area (Å²) in [5.41, 5.74) is 0.240. The topological polar surface area (TPSA) is 29.5 Å². The number of hydrogen-bond donors (Lipinski definition) is 0. The maximum absolute atomic E-state index is 12.1. The molecule has 0 aromatic rings. The fourth-order valence-electron chi connectivity index (χ4n) is 4.07. The molecule has 0 bridgehead atoms. The minimum Gasteiger partial charge on any atom is -0.378 e. The van der Waals surface area contributed by atoms with Crippen LogP contribution >= 0.6 is 0 Å². The third-order valence-electron chi connectivity index (χ3n) is 4.94. The second-order valence-electron chi connectivity index (χ2n) is 5.87. The van der Waals surface area contributed by atoms with Crippen LogP contribution in [0.1, 0.15) is 52.4 Å². The van der Waals surface area contributed by atoms with Crippen molar-refractivity contribution in [1.29, 1.82) is 0 Å². The fraction of sp³-hybridized carbons (Fsp3) is 0.812. The smallest absolute Gasteiger partial charge is 0.246 e. The highest BCUT2D eigenvalue weighted by molar-refractivity contribution is 5.87. The van der Waals surface area contributed by atoms with Gasteiger partial charge in [-0.1, -0.05) is 26.3 Å². The summed E-state index contributed by atoms with van der Waals surface area (Å²) in [6, 6.07) is 0.372. The number of nitrogens with zero attached hydrogens (tertiary/aromatic N) is 1. The van der Waals surface area contributed by atoms with E-state index in [1.807, 2.05) is 4.90 Å². The first-order valence-corrected chi connectivity index (χ1v) is 7.74. The van der Waals surface area contributed by atoms with E-state index in [0.29, 0.717) is 12.1 Å². The molecule has 2 fully saturated rings. The lowest BCUT2D eigenvalue weighted by atomic mass is 9.60. The monoisotopic (exact) mass is 265 g/mol. The summed E-state index contributed by atoms with van der Waals surface area (Å²) >= 11 is 0. The van der Waals surface area contributed by atoms with Crippen molar-refractivity contribution in [3.8, 4) is 0 Å². The summed E-state index contributed by atoms with van der Waals surface area (Å²) in [5.74, 6) is 0.0908. The third-order valence-corrected chi connectivity index (χ3v) is 4.94. The molecular formula is C16H27NO2. The van der Waals surface area contributed by atoms with E-state index in [1.165, 1.54) is 31.8 Å². The van der Waals surface area contributed by atoms with Gasteiger partial charge in [-0.15, -0.1) is 0 Å². The van der Waals surface area contributed by atoms with E-state index in [2.05, 4.69) is 20.4 Å². The third kappa shape index (κ3) is 2.45. The second-order valence-corrected chi connectivity index (χ2v) is 5.87. The number of rotatable bonds is 6. The first-order chi connectivity index (χ1) is 9.19. The van der Waals surface area contributed by atoms with Crippen molar-refractivity contribution in [3.05, 3.63) is 12.7 Å². The Balaban J connectivity index is 2.14. The summed E-state index contributed by atoms with van der Waals surface area (Å²) in [6.45, 7) is 9.47. The van der Waals surface area contributed by atoms with Crippen molar-refractivity contribution in [3.63, 3.8) is 0 Å². The van der Waals surface area contributed by atoms with Crippen LogP contribution in [0.2, 0.25) is 0 Å². The quantitative estimate of drug-likeness (QED) is 0.690. The lowest BCUT2D eigenvalue weighted by molar-refractivity contribution is -0.173. The Morgan fingerprint density at radius 1 is 1.42 bits per heavy atom. The molecule has 0 radical (unpaired) electrons. The van der Waals surface area contributed by atoms with Gasteiger partial charge < -0.3 is 9.64 Å². The zero-order chi connectivity index (χ0) is 13.9. The second kappa shape index (κ2) is 6.08. The SMILES string of the molecule is C=CC(=O)N(CCC)[C@H]1C[C@H](OCC)C12CCCC2. The van der Waals surface area contributed by atoms with Gasteiger partial charge in [-0.05, 0) is 38.7 Å². The minimum atomic E-state index is 0.0908. The molecule has 108 valence electrons. The average Bonchev–Trinajstić information content (AvgIpc) is 2.92. The van der Waals surface area contributed by atoms with Crippen molar-refractivity contribution < 1.29 is 9.53 Å². The standard InChI is InChI=1S/C16H27NO2/c1-4-11-17(15(18)5-2)13-12-14(19-6-3)16(13)9-7-8-10-16/h5,13-14H,2,4,6-12H2,1,3H3/t13-,14-/m0/s1. The highest BCUT2D eigenvalue weighted by atomic mass is 16.5. The Labute approximate surface area is 117 Å². The number of amides is 1. The van der Waals surface area contributed by atoms with Crippen LogP contribution < -0.4 is 0 Å². The zero-order valence-corrected chi connectivity index (χ0v) is 12.4. The van der Waals surface area contributed by atoms with Crippen LogP contribution in [0.15, 0.2) is 12.7 Å². The summed E-state index contributed by atoms with van der Waals surface area (Å²) < 4.78 is 5.92. The molecule has 2 atom stereocenters. The molecule has 2 rings (SSSR count). The van der Waals surface area contributed by atoms with E-state index in [4.69, 9.17) is 4.74 Å². The van der Waals surface area contributed by atoms with Crippen LogP contribution in [0.5, 0.6) is 0 Å². The summed E-state index contributed by atoms with van der Waals surface area (Å²) in [5, 5.41) is 0. The molecule has 1 amide bonds. The molecule has 0 unspecified atom stereocenters. The predicted molar refractivity (Wildman–Crippen MR) is 76.9 cm³/mol. The van der Waals surface area contributed by atoms with Gasteiger partial charge in [0.2, 0.25) is 5.91 Å². The van der Waals surface area contributed by atoms with Crippen LogP contribution in [0.25, 0.3) is 0 Å². The number of carbonyl (C=O) groups is 1. The predicted octanol–water partition coefficient (Wildman–Crippen LogP) is 3.15. The van der Waals surface area contributed by atoms with Crippen molar-refractivity contribution in [1.82, 2.24) is 4.90 Å². The molecule has 0 heterocycles. The molecule has 0 N–H and O–H groups in total. The van der Waals surface area contributed by atoms with E-state index in [0.717, 1.165) is 26.0 Å². The molecule has 0 aromatic heterocycles. The van der Waals surface area contributed by atoms with Gasteiger partial charge in [0.15, 0.2) is 0 Å². The number of ether oxygens (including phenoxy) is 1. The molecule has 0 aliphatic heterocycles. The first kappa shape index (κ1) is 14.6. The molecule has 2 aliphatic rings. The van der Waals surface area contributed by atoms with E-state index in [1.54, 1.807) is 0 Å². The molecule has 2 saturated carbocycles. The average molecular weight is 265 g/mol. The maximum Gasteiger partial charge on any atom is 0.246 e. The van der Waals surface area contributed by atoms with Crippen LogP contribution in [-0.2, 0) is 9.53 Å². The van der Waals surface area contributed by atoms with Gasteiger partial charge in [0, 0.05) is 24.6 Å². The van der Waals surface area contributed by atoms with Crippen molar-refractivity contribution in [2.75, 3.05) is 13.2 Å².